The van der Waals surface area contributed by atoms with Gasteiger partial charge >= 0.3 is 50.3 Å². The van der Waals surface area contributed by atoms with Crippen molar-refractivity contribution in [3.8, 4) is 0 Å². The van der Waals surface area contributed by atoms with Gasteiger partial charge in [-0.2, -0.15) is 0 Å². The fourth-order valence-electron chi connectivity index (χ4n) is 0. The van der Waals surface area contributed by atoms with Gasteiger partial charge in [-0.25, -0.2) is 0 Å². The SMILES string of the molecule is C=C=[C](F)[Y]. The van der Waals surface area contributed by atoms with Gasteiger partial charge in [0.15, 0.2) is 0 Å². The molecule has 0 fully saturated rings. The predicted octanol–water partition coefficient (Wildman–Crippen LogP) is 1.13. The van der Waals surface area contributed by atoms with Crippen molar-refractivity contribution >= 4 is 0 Å². The summed E-state index contributed by atoms with van der Waals surface area (Å²) in [5.74, 6) is 0. The van der Waals surface area contributed by atoms with Crippen LogP contribution in [-0.4, -0.2) is 0 Å². The van der Waals surface area contributed by atoms with Crippen molar-refractivity contribution in [3.05, 3.63) is 14.9 Å². The van der Waals surface area contributed by atoms with Crippen LogP contribution in [0.5, 0.6) is 0 Å². The number of hydrogen-bond donors (Lipinski definition) is 0. The van der Waals surface area contributed by atoms with Crippen molar-refractivity contribution in [1.82, 2.24) is 0 Å². The van der Waals surface area contributed by atoms with Gasteiger partial charge in [-0.1, -0.05) is 0 Å². The van der Waals surface area contributed by atoms with Gasteiger partial charge in [0.25, 0.3) is 0 Å². The van der Waals surface area contributed by atoms with Crippen LogP contribution >= 0.6 is 0 Å². The van der Waals surface area contributed by atoms with E-state index in [0.29, 0.717) is 31.0 Å². The topological polar surface area (TPSA) is 0 Å². The van der Waals surface area contributed by atoms with Crippen LogP contribution in [0.2, 0.25) is 0 Å². The standard InChI is InChI=1S/C3H2F.Y/c1-2-3-4;/h1H2;. The summed E-state index contributed by atoms with van der Waals surface area (Å²) in [6, 6.07) is 0. The van der Waals surface area contributed by atoms with Gasteiger partial charge in [0.2, 0.25) is 0 Å². The molecule has 0 aliphatic carbocycles. The molecule has 0 aromatic rings. The summed E-state index contributed by atoms with van der Waals surface area (Å²) in [6.07, 6.45) is 0. The molecule has 0 saturated heterocycles. The zero-order valence-electron chi connectivity index (χ0n) is 2.66. The quantitative estimate of drug-likeness (QED) is 0.449. The van der Waals surface area contributed by atoms with E-state index in [-0.39, 0.29) is 2.64 Å². The van der Waals surface area contributed by atoms with Gasteiger partial charge in [0, 0.05) is 0 Å². The average molecular weight is 146 g/mol. The van der Waals surface area contributed by atoms with E-state index in [4.69, 9.17) is 0 Å². The molecule has 0 aliphatic rings. The van der Waals surface area contributed by atoms with Crippen LogP contribution in [0.1, 0.15) is 0 Å². The monoisotopic (exact) mass is 146 g/mol. The van der Waals surface area contributed by atoms with Crippen molar-refractivity contribution in [1.29, 1.82) is 0 Å². The Morgan fingerprint density at radius 3 is 2.20 bits per heavy atom. The molecule has 0 unspecified atom stereocenters. The normalized spacial score (nSPS) is 5.60. The van der Waals surface area contributed by atoms with Crippen LogP contribution in [0.3, 0.4) is 0 Å². The van der Waals surface area contributed by atoms with Gasteiger partial charge in [0.05, 0.1) is 0 Å². The number of halogens is 1. The second kappa shape index (κ2) is 2.77. The van der Waals surface area contributed by atoms with Gasteiger partial charge in [0.1, 0.15) is 0 Å². The molecule has 0 saturated carbocycles. The molecule has 0 atom stereocenters. The first-order chi connectivity index (χ1) is 2.27. The Bertz CT molecular complexity index is 67.0. The summed E-state index contributed by atoms with van der Waals surface area (Å²) in [4.78, 5) is 0. The average Bonchev–Trinajstić information content (AvgIpc) is 1.38. The van der Waals surface area contributed by atoms with E-state index in [1.165, 1.54) is 0 Å². The van der Waals surface area contributed by atoms with Crippen LogP contribution in [0, 0.1) is 0 Å². The van der Waals surface area contributed by atoms with Crippen LogP contribution in [0.25, 0.3) is 0 Å². The summed E-state index contributed by atoms with van der Waals surface area (Å²) in [5, 5.41) is 0. The maximum atomic E-state index is 11.2. The Balaban J connectivity index is 3.60. The molecule has 0 radical (unpaired) electrons. The van der Waals surface area contributed by atoms with Crippen molar-refractivity contribution in [2.45, 2.75) is 0 Å². The van der Waals surface area contributed by atoms with E-state index in [0.717, 1.165) is 0 Å². The third-order valence-corrected chi connectivity index (χ3v) is 0.671. The van der Waals surface area contributed by atoms with Crippen LogP contribution in [0.15, 0.2) is 14.9 Å². The van der Waals surface area contributed by atoms with E-state index in [9.17, 15) is 4.39 Å². The van der Waals surface area contributed by atoms with Crippen molar-refractivity contribution in [2.75, 3.05) is 0 Å². The van der Waals surface area contributed by atoms with Gasteiger partial charge in [-0.15, -0.1) is 0 Å². The first-order valence-corrected chi connectivity index (χ1v) is 2.50. The molecule has 0 nitrogen and oxygen atoms in total. The third kappa shape index (κ3) is 4.55. The fourth-order valence-corrected chi connectivity index (χ4v) is 0. The number of rotatable bonds is 0. The van der Waals surface area contributed by atoms with E-state index in [1.54, 1.807) is 0 Å². The third-order valence-electron chi connectivity index (χ3n) is 0.169. The van der Waals surface area contributed by atoms with E-state index >= 15 is 0 Å². The Kier molecular flexibility index (Phi) is 3.08. The van der Waals surface area contributed by atoms with Crippen LogP contribution in [-0.2, 0) is 31.0 Å². The predicted molar refractivity (Wildman–Crippen MR) is 13.8 cm³/mol. The summed E-state index contributed by atoms with van der Waals surface area (Å²) in [7, 11) is 0. The molecule has 0 spiro atoms. The summed E-state index contributed by atoms with van der Waals surface area (Å²) >= 11 is 0.501. The second-order valence-corrected chi connectivity index (χ2v) is 1.77. The first kappa shape index (κ1) is 5.55. The van der Waals surface area contributed by atoms with Gasteiger partial charge in [-0.05, 0) is 0 Å². The summed E-state index contributed by atoms with van der Waals surface area (Å²) < 4.78 is 11.0. The molecule has 0 rings (SSSR count). The Morgan fingerprint density at radius 2 is 2.20 bits per heavy atom. The van der Waals surface area contributed by atoms with E-state index in [2.05, 4.69) is 12.3 Å². The zero-order valence-corrected chi connectivity index (χ0v) is 5.50. The van der Waals surface area contributed by atoms with Crippen LogP contribution < -0.4 is 0 Å². The molecule has 0 aromatic carbocycles. The molecule has 0 aliphatic heterocycles. The molecule has 0 amide bonds. The molecule has 2 heteroatoms. The fraction of sp³-hybridized carbons (Fsp3) is 0. The number of hydrogen-bond acceptors (Lipinski definition) is 0. The zero-order chi connectivity index (χ0) is 4.28. The Hall–Kier alpha value is 0.554. The second-order valence-electron chi connectivity index (χ2n) is 0.525. The van der Waals surface area contributed by atoms with Gasteiger partial charge < -0.3 is 0 Å². The molecule has 5 heavy (non-hydrogen) atoms. The van der Waals surface area contributed by atoms with Crippen molar-refractivity contribution in [2.24, 2.45) is 0 Å². The molecule has 0 heterocycles. The summed E-state index contributed by atoms with van der Waals surface area (Å²) in [6.45, 7) is 3.06. The minimum absolute atomic E-state index is 0.226. The molecular weight excluding hydrogens is 144 g/mol. The summed E-state index contributed by atoms with van der Waals surface area (Å²) in [5.41, 5.74) is 2.09. The van der Waals surface area contributed by atoms with E-state index < -0.39 is 0 Å². The first-order valence-electron chi connectivity index (χ1n) is 1.08. The van der Waals surface area contributed by atoms with Crippen LogP contribution in [0.4, 0.5) is 4.39 Å². The van der Waals surface area contributed by atoms with E-state index in [1.807, 2.05) is 0 Å². The molecule has 0 aromatic heterocycles. The molecule has 0 bridgehead atoms. The minimum atomic E-state index is -0.226. The Morgan fingerprint density at radius 1 is 2.00 bits per heavy atom. The maximum absolute atomic E-state index is 11.2. The van der Waals surface area contributed by atoms with Crippen molar-refractivity contribution < 1.29 is 35.3 Å². The van der Waals surface area contributed by atoms with Crippen molar-refractivity contribution in [3.63, 3.8) is 0 Å². The molecule has 24 valence electrons. The molecular formula is C3H2FY. The molecule has 0 N–H and O–H groups in total. The Labute approximate surface area is 50.2 Å². The van der Waals surface area contributed by atoms with Gasteiger partial charge in [-0.3, -0.25) is 0 Å².